The van der Waals surface area contributed by atoms with E-state index in [0.29, 0.717) is 10.0 Å². The molecule has 0 aromatic heterocycles. The average Bonchev–Trinajstić information content (AvgIpc) is 3.11. The maximum atomic E-state index is 11.1. The van der Waals surface area contributed by atoms with Crippen LogP contribution in [0.15, 0.2) is 18.2 Å². The van der Waals surface area contributed by atoms with Gasteiger partial charge >= 0.3 is 0 Å². The van der Waals surface area contributed by atoms with E-state index in [9.17, 15) is 5.11 Å². The van der Waals surface area contributed by atoms with E-state index in [4.69, 9.17) is 23.2 Å². The summed E-state index contributed by atoms with van der Waals surface area (Å²) in [5.74, 6) is 0. The first-order valence-electron chi connectivity index (χ1n) is 7.51. The molecule has 1 atom stereocenters. The second kappa shape index (κ2) is 5.84. The molecular weight excluding hydrogens is 293 g/mol. The molecule has 1 heterocycles. The van der Waals surface area contributed by atoms with Crippen molar-refractivity contribution in [3.63, 3.8) is 0 Å². The number of aliphatic hydroxyl groups excluding tert-OH is 1. The summed E-state index contributed by atoms with van der Waals surface area (Å²) in [5.41, 5.74) is 0.651. The summed E-state index contributed by atoms with van der Waals surface area (Å²) in [6, 6.07) is 5.39. The molecule has 0 amide bonds. The van der Waals surface area contributed by atoms with Crippen LogP contribution < -0.4 is 0 Å². The number of likely N-dealkylation sites (tertiary alicyclic amines) is 1. The Labute approximate surface area is 130 Å². The van der Waals surface area contributed by atoms with E-state index in [2.05, 4.69) is 4.90 Å². The molecule has 110 valence electrons. The van der Waals surface area contributed by atoms with Crippen LogP contribution >= 0.6 is 23.2 Å². The normalized spacial score (nSPS) is 24.1. The highest BCUT2D eigenvalue weighted by Crippen LogP contribution is 2.47. The molecule has 2 aliphatic rings. The van der Waals surface area contributed by atoms with Gasteiger partial charge in [0.1, 0.15) is 0 Å². The van der Waals surface area contributed by atoms with Crippen molar-refractivity contribution >= 4 is 23.2 Å². The van der Waals surface area contributed by atoms with Crippen LogP contribution in [0.25, 0.3) is 0 Å². The highest BCUT2D eigenvalue weighted by atomic mass is 35.5. The molecule has 20 heavy (non-hydrogen) atoms. The standard InChI is InChI=1S/C16H21Cl2NO/c17-12-5-6-14(18)13(11-12)15(20)16(7-1-2-8-16)19-9-3-4-10-19/h5-6,11,15,20H,1-4,7-10H2. The molecule has 0 spiro atoms. The summed E-state index contributed by atoms with van der Waals surface area (Å²) in [6.07, 6.45) is 6.40. The van der Waals surface area contributed by atoms with E-state index in [0.717, 1.165) is 31.5 Å². The molecule has 0 bridgehead atoms. The van der Waals surface area contributed by atoms with Crippen molar-refractivity contribution in [3.8, 4) is 0 Å². The number of aliphatic hydroxyl groups is 1. The Morgan fingerprint density at radius 3 is 2.35 bits per heavy atom. The van der Waals surface area contributed by atoms with Crippen LogP contribution in [-0.2, 0) is 0 Å². The predicted molar refractivity (Wildman–Crippen MR) is 83.4 cm³/mol. The van der Waals surface area contributed by atoms with Gasteiger partial charge in [0.25, 0.3) is 0 Å². The van der Waals surface area contributed by atoms with Crippen molar-refractivity contribution in [2.75, 3.05) is 13.1 Å². The van der Waals surface area contributed by atoms with Crippen molar-refractivity contribution < 1.29 is 5.11 Å². The Morgan fingerprint density at radius 2 is 1.70 bits per heavy atom. The zero-order valence-corrected chi connectivity index (χ0v) is 13.1. The topological polar surface area (TPSA) is 23.5 Å². The molecule has 1 saturated carbocycles. The van der Waals surface area contributed by atoms with Gasteiger partial charge in [-0.1, -0.05) is 36.0 Å². The fraction of sp³-hybridized carbons (Fsp3) is 0.625. The van der Waals surface area contributed by atoms with E-state index in [1.54, 1.807) is 12.1 Å². The van der Waals surface area contributed by atoms with Crippen molar-refractivity contribution in [3.05, 3.63) is 33.8 Å². The Bertz CT molecular complexity index is 479. The highest BCUT2D eigenvalue weighted by molar-refractivity contribution is 6.33. The van der Waals surface area contributed by atoms with Crippen LogP contribution in [0.1, 0.15) is 50.2 Å². The molecule has 1 aromatic carbocycles. The minimum atomic E-state index is -0.547. The van der Waals surface area contributed by atoms with Crippen molar-refractivity contribution in [2.45, 2.75) is 50.2 Å². The van der Waals surface area contributed by atoms with Gasteiger partial charge < -0.3 is 5.11 Å². The van der Waals surface area contributed by atoms with E-state index in [1.807, 2.05) is 6.07 Å². The fourth-order valence-corrected chi connectivity index (χ4v) is 4.33. The van der Waals surface area contributed by atoms with E-state index >= 15 is 0 Å². The summed E-state index contributed by atoms with van der Waals surface area (Å²) in [4.78, 5) is 2.49. The van der Waals surface area contributed by atoms with Gasteiger partial charge in [0.05, 0.1) is 11.6 Å². The molecule has 1 unspecified atom stereocenters. The number of hydrogen-bond donors (Lipinski definition) is 1. The minimum absolute atomic E-state index is 0.134. The molecule has 2 nitrogen and oxygen atoms in total. The lowest BCUT2D eigenvalue weighted by Gasteiger charge is -2.43. The summed E-state index contributed by atoms with van der Waals surface area (Å²) in [6.45, 7) is 2.19. The lowest BCUT2D eigenvalue weighted by Crippen LogP contribution is -2.49. The fourth-order valence-electron chi connectivity index (χ4n) is 3.93. The smallest absolute Gasteiger partial charge is 0.0988 e. The first-order valence-corrected chi connectivity index (χ1v) is 8.27. The third-order valence-corrected chi connectivity index (χ3v) is 5.55. The van der Waals surface area contributed by atoms with Gasteiger partial charge in [0.2, 0.25) is 0 Å². The summed E-state index contributed by atoms with van der Waals surface area (Å²) in [5, 5.41) is 12.3. The molecule has 0 radical (unpaired) electrons. The quantitative estimate of drug-likeness (QED) is 0.892. The number of halogens is 2. The minimum Gasteiger partial charge on any atom is -0.386 e. The second-order valence-electron chi connectivity index (χ2n) is 6.07. The SMILES string of the molecule is OC(c1cc(Cl)ccc1Cl)C1(N2CCCC2)CCCC1. The summed E-state index contributed by atoms with van der Waals surface area (Å²) in [7, 11) is 0. The number of rotatable bonds is 3. The Hall–Kier alpha value is -0.280. The van der Waals surface area contributed by atoms with Crippen molar-refractivity contribution in [1.82, 2.24) is 4.90 Å². The lowest BCUT2D eigenvalue weighted by atomic mass is 9.84. The van der Waals surface area contributed by atoms with Crippen LogP contribution in [0.3, 0.4) is 0 Å². The molecule has 2 fully saturated rings. The third kappa shape index (κ3) is 2.48. The van der Waals surface area contributed by atoms with Gasteiger partial charge in [0, 0.05) is 15.6 Å². The molecular formula is C16H21Cl2NO. The molecule has 3 rings (SSSR count). The lowest BCUT2D eigenvalue weighted by molar-refractivity contribution is -0.0195. The Balaban J connectivity index is 1.96. The van der Waals surface area contributed by atoms with Crippen molar-refractivity contribution in [2.24, 2.45) is 0 Å². The first kappa shape index (κ1) is 14.6. The van der Waals surface area contributed by atoms with Crippen LogP contribution in [0, 0.1) is 0 Å². The summed E-state index contributed by atoms with van der Waals surface area (Å²) >= 11 is 12.4. The molecule has 1 N–H and O–H groups in total. The largest absolute Gasteiger partial charge is 0.386 e. The molecule has 4 heteroatoms. The number of nitrogens with zero attached hydrogens (tertiary/aromatic N) is 1. The van der Waals surface area contributed by atoms with Gasteiger partial charge in [-0.2, -0.15) is 0 Å². The van der Waals surface area contributed by atoms with Gasteiger partial charge in [0.15, 0.2) is 0 Å². The van der Waals surface area contributed by atoms with Gasteiger partial charge in [-0.3, -0.25) is 4.90 Å². The third-order valence-electron chi connectivity index (χ3n) is 4.97. The van der Waals surface area contributed by atoms with E-state index < -0.39 is 6.10 Å². The number of benzene rings is 1. The summed E-state index contributed by atoms with van der Waals surface area (Å²) < 4.78 is 0. The zero-order valence-electron chi connectivity index (χ0n) is 11.6. The van der Waals surface area contributed by atoms with E-state index in [1.165, 1.54) is 25.7 Å². The predicted octanol–water partition coefficient (Wildman–Crippen LogP) is 4.44. The highest BCUT2D eigenvalue weighted by Gasteiger charge is 2.47. The van der Waals surface area contributed by atoms with Crippen molar-refractivity contribution in [1.29, 1.82) is 0 Å². The second-order valence-corrected chi connectivity index (χ2v) is 6.92. The molecule has 1 aliphatic heterocycles. The molecule has 1 aliphatic carbocycles. The monoisotopic (exact) mass is 313 g/mol. The Morgan fingerprint density at radius 1 is 1.05 bits per heavy atom. The van der Waals surface area contributed by atoms with Crippen LogP contribution in [-0.4, -0.2) is 28.6 Å². The maximum Gasteiger partial charge on any atom is 0.0988 e. The first-order chi connectivity index (χ1) is 9.63. The maximum absolute atomic E-state index is 11.1. The van der Waals surface area contributed by atoms with Crippen LogP contribution in [0.2, 0.25) is 10.0 Å². The van der Waals surface area contributed by atoms with Crippen LogP contribution in [0.5, 0.6) is 0 Å². The average molecular weight is 314 g/mol. The molecule has 1 saturated heterocycles. The van der Waals surface area contributed by atoms with Gasteiger partial charge in [-0.25, -0.2) is 0 Å². The van der Waals surface area contributed by atoms with E-state index in [-0.39, 0.29) is 5.54 Å². The van der Waals surface area contributed by atoms with Gasteiger partial charge in [-0.05, 0) is 57.0 Å². The zero-order chi connectivity index (χ0) is 14.2. The Kier molecular flexibility index (Phi) is 4.28. The van der Waals surface area contributed by atoms with Crippen LogP contribution in [0.4, 0.5) is 0 Å². The molecule has 1 aromatic rings. The number of hydrogen-bond acceptors (Lipinski definition) is 2. The van der Waals surface area contributed by atoms with Gasteiger partial charge in [-0.15, -0.1) is 0 Å².